The summed E-state index contributed by atoms with van der Waals surface area (Å²) in [5.41, 5.74) is 0.453. The molecule has 1 amide bonds. The summed E-state index contributed by atoms with van der Waals surface area (Å²) in [6.45, 7) is 2.72. The summed E-state index contributed by atoms with van der Waals surface area (Å²) in [5, 5.41) is 6.20. The summed E-state index contributed by atoms with van der Waals surface area (Å²) in [6.07, 6.45) is 3.65. The minimum absolute atomic E-state index is 0.0160. The molecule has 0 aliphatic carbocycles. The van der Waals surface area contributed by atoms with Crippen molar-refractivity contribution in [2.45, 2.75) is 31.9 Å². The van der Waals surface area contributed by atoms with Crippen molar-refractivity contribution in [1.29, 1.82) is 0 Å². The third-order valence-electron chi connectivity index (χ3n) is 3.22. The number of amides is 1. The van der Waals surface area contributed by atoms with Gasteiger partial charge in [-0.25, -0.2) is 4.98 Å². The Kier molecular flexibility index (Phi) is 4.61. The number of pyridine rings is 1. The molecule has 1 saturated heterocycles. The lowest BCUT2D eigenvalue weighted by atomic mass is 10.1. The lowest BCUT2D eigenvalue weighted by Crippen LogP contribution is -2.40. The monoisotopic (exact) mass is 283 g/mol. The third kappa shape index (κ3) is 3.36. The van der Waals surface area contributed by atoms with Gasteiger partial charge in [-0.15, -0.1) is 0 Å². The van der Waals surface area contributed by atoms with Crippen molar-refractivity contribution in [3.8, 4) is 0 Å². The number of carbonyl (C=O) groups excluding carboxylic acids is 1. The van der Waals surface area contributed by atoms with Crippen molar-refractivity contribution in [1.82, 2.24) is 10.3 Å². The maximum absolute atomic E-state index is 12.1. The summed E-state index contributed by atoms with van der Waals surface area (Å²) in [4.78, 5) is 16.2. The van der Waals surface area contributed by atoms with Gasteiger partial charge in [-0.1, -0.05) is 11.6 Å². The zero-order valence-corrected chi connectivity index (χ0v) is 11.8. The van der Waals surface area contributed by atoms with Gasteiger partial charge in [-0.2, -0.15) is 0 Å². The number of ether oxygens (including phenoxy) is 1. The first-order valence-corrected chi connectivity index (χ1v) is 6.75. The number of hydrogen-bond acceptors (Lipinski definition) is 4. The van der Waals surface area contributed by atoms with Gasteiger partial charge < -0.3 is 15.4 Å². The predicted octanol–water partition coefficient (Wildman–Crippen LogP) is 2.07. The smallest absolute Gasteiger partial charge is 0.253 e. The summed E-state index contributed by atoms with van der Waals surface area (Å²) < 4.78 is 5.55. The molecule has 1 fully saturated rings. The highest BCUT2D eigenvalue weighted by molar-refractivity contribution is 6.33. The molecule has 0 radical (unpaired) electrons. The SMILES string of the molecule is CNc1ncc(C(=O)NC(C)C2CCCO2)cc1Cl. The molecule has 1 aliphatic rings. The van der Waals surface area contributed by atoms with Gasteiger partial charge in [0.25, 0.3) is 5.91 Å². The van der Waals surface area contributed by atoms with Crippen LogP contribution in [0.5, 0.6) is 0 Å². The first-order chi connectivity index (χ1) is 9.11. The van der Waals surface area contributed by atoms with Crippen LogP contribution in [0.15, 0.2) is 12.3 Å². The number of hydrogen-bond donors (Lipinski definition) is 2. The Balaban J connectivity index is 2.01. The van der Waals surface area contributed by atoms with E-state index in [9.17, 15) is 4.79 Å². The molecule has 19 heavy (non-hydrogen) atoms. The Hall–Kier alpha value is -1.33. The number of halogens is 1. The van der Waals surface area contributed by atoms with E-state index in [1.807, 2.05) is 6.92 Å². The number of nitrogens with zero attached hydrogens (tertiary/aromatic N) is 1. The lowest BCUT2D eigenvalue weighted by Gasteiger charge is -2.20. The van der Waals surface area contributed by atoms with Crippen molar-refractivity contribution in [2.75, 3.05) is 19.0 Å². The molecule has 2 unspecified atom stereocenters. The Morgan fingerprint density at radius 1 is 1.63 bits per heavy atom. The van der Waals surface area contributed by atoms with E-state index in [1.165, 1.54) is 6.20 Å². The summed E-state index contributed by atoms with van der Waals surface area (Å²) in [5.74, 6) is 0.380. The van der Waals surface area contributed by atoms with E-state index < -0.39 is 0 Å². The highest BCUT2D eigenvalue weighted by Gasteiger charge is 2.24. The molecule has 1 aromatic rings. The highest BCUT2D eigenvalue weighted by Crippen LogP contribution is 2.20. The second-order valence-electron chi connectivity index (χ2n) is 4.62. The van der Waals surface area contributed by atoms with E-state index in [0.717, 1.165) is 19.4 Å². The van der Waals surface area contributed by atoms with Crippen molar-refractivity contribution in [2.24, 2.45) is 0 Å². The van der Waals surface area contributed by atoms with Crippen molar-refractivity contribution in [3.63, 3.8) is 0 Å². The van der Waals surface area contributed by atoms with E-state index >= 15 is 0 Å². The van der Waals surface area contributed by atoms with E-state index in [0.29, 0.717) is 16.4 Å². The summed E-state index contributed by atoms with van der Waals surface area (Å²) >= 11 is 6.01. The number of aromatic nitrogens is 1. The van der Waals surface area contributed by atoms with Crippen LogP contribution in [0.3, 0.4) is 0 Å². The molecule has 6 heteroatoms. The van der Waals surface area contributed by atoms with E-state index in [4.69, 9.17) is 16.3 Å². The third-order valence-corrected chi connectivity index (χ3v) is 3.51. The van der Waals surface area contributed by atoms with Crippen molar-refractivity contribution in [3.05, 3.63) is 22.8 Å². The number of carbonyl (C=O) groups is 1. The first kappa shape index (κ1) is 14.1. The van der Waals surface area contributed by atoms with Gasteiger partial charge in [0, 0.05) is 19.9 Å². The average Bonchev–Trinajstić information content (AvgIpc) is 2.92. The van der Waals surface area contributed by atoms with Gasteiger partial charge in [-0.3, -0.25) is 4.79 Å². The standard InChI is InChI=1S/C13H18ClN3O2/c1-8(11-4-3-5-19-11)17-13(18)9-6-10(14)12(15-2)16-7-9/h6-8,11H,3-5H2,1-2H3,(H,15,16)(H,17,18). The molecule has 1 aliphatic heterocycles. The largest absolute Gasteiger partial charge is 0.376 e. The minimum atomic E-state index is -0.181. The zero-order chi connectivity index (χ0) is 13.8. The van der Waals surface area contributed by atoms with E-state index in [2.05, 4.69) is 15.6 Å². The normalized spacial score (nSPS) is 20.1. The van der Waals surface area contributed by atoms with E-state index in [1.54, 1.807) is 13.1 Å². The molecule has 0 spiro atoms. The molecule has 0 bridgehead atoms. The Morgan fingerprint density at radius 3 is 3.00 bits per heavy atom. The number of anilines is 1. The summed E-state index contributed by atoms with van der Waals surface area (Å²) in [7, 11) is 1.73. The van der Waals surface area contributed by atoms with Crippen LogP contribution in [0, 0.1) is 0 Å². The molecule has 1 aromatic heterocycles. The fourth-order valence-electron chi connectivity index (χ4n) is 2.13. The Bertz CT molecular complexity index is 461. The van der Waals surface area contributed by atoms with Gasteiger partial charge in [-0.05, 0) is 25.8 Å². The van der Waals surface area contributed by atoms with Crippen LogP contribution in [-0.2, 0) is 4.74 Å². The molecular weight excluding hydrogens is 266 g/mol. The van der Waals surface area contributed by atoms with Crippen LogP contribution >= 0.6 is 11.6 Å². The van der Waals surface area contributed by atoms with Gasteiger partial charge in [0.2, 0.25) is 0 Å². The maximum atomic E-state index is 12.1. The van der Waals surface area contributed by atoms with E-state index in [-0.39, 0.29) is 18.1 Å². The second-order valence-corrected chi connectivity index (χ2v) is 5.03. The fraction of sp³-hybridized carbons (Fsp3) is 0.538. The average molecular weight is 284 g/mol. The molecule has 2 N–H and O–H groups in total. The molecule has 0 aromatic carbocycles. The Labute approximate surface area is 117 Å². The van der Waals surface area contributed by atoms with Gasteiger partial charge >= 0.3 is 0 Å². The van der Waals surface area contributed by atoms with Crippen LogP contribution in [0.2, 0.25) is 5.02 Å². The second kappa shape index (κ2) is 6.21. The van der Waals surface area contributed by atoms with Crippen molar-refractivity contribution < 1.29 is 9.53 Å². The molecule has 5 nitrogen and oxygen atoms in total. The number of rotatable bonds is 4. The van der Waals surface area contributed by atoms with Crippen LogP contribution in [-0.4, -0.2) is 36.7 Å². The highest BCUT2D eigenvalue weighted by atomic mass is 35.5. The predicted molar refractivity (Wildman–Crippen MR) is 74.7 cm³/mol. The molecule has 0 saturated carbocycles. The Morgan fingerprint density at radius 2 is 2.42 bits per heavy atom. The molecule has 2 atom stereocenters. The van der Waals surface area contributed by atoms with Crippen LogP contribution < -0.4 is 10.6 Å². The topological polar surface area (TPSA) is 63.2 Å². The molecule has 2 rings (SSSR count). The fourth-order valence-corrected chi connectivity index (χ4v) is 2.39. The summed E-state index contributed by atoms with van der Waals surface area (Å²) in [6, 6.07) is 1.59. The maximum Gasteiger partial charge on any atom is 0.253 e. The van der Waals surface area contributed by atoms with Gasteiger partial charge in [0.05, 0.1) is 22.7 Å². The zero-order valence-electron chi connectivity index (χ0n) is 11.1. The van der Waals surface area contributed by atoms with Crippen LogP contribution in [0.1, 0.15) is 30.1 Å². The van der Waals surface area contributed by atoms with Crippen LogP contribution in [0.4, 0.5) is 5.82 Å². The number of nitrogens with one attached hydrogen (secondary N) is 2. The van der Waals surface area contributed by atoms with Gasteiger partial charge in [0.1, 0.15) is 5.82 Å². The molecule has 2 heterocycles. The lowest BCUT2D eigenvalue weighted by molar-refractivity contribution is 0.0712. The van der Waals surface area contributed by atoms with Crippen LogP contribution in [0.25, 0.3) is 0 Å². The molecular formula is C13H18ClN3O2. The first-order valence-electron chi connectivity index (χ1n) is 6.37. The minimum Gasteiger partial charge on any atom is -0.376 e. The quantitative estimate of drug-likeness (QED) is 0.888. The van der Waals surface area contributed by atoms with Crippen molar-refractivity contribution >= 4 is 23.3 Å². The van der Waals surface area contributed by atoms with Gasteiger partial charge in [0.15, 0.2) is 0 Å². The molecule has 104 valence electrons.